The molecule has 5 nitrogen and oxygen atoms in total. The highest BCUT2D eigenvalue weighted by Crippen LogP contribution is 2.31. The average molecular weight is 495 g/mol. The molecule has 0 bridgehead atoms. The molecular formula is C20H21Br2N3O2. The Kier molecular flexibility index (Phi) is 6.55. The summed E-state index contributed by atoms with van der Waals surface area (Å²) in [7, 11) is 0. The van der Waals surface area contributed by atoms with E-state index >= 15 is 0 Å². The lowest BCUT2D eigenvalue weighted by atomic mass is 10.2. The van der Waals surface area contributed by atoms with E-state index in [1.165, 1.54) is 0 Å². The first-order valence-electron chi connectivity index (χ1n) is 8.83. The summed E-state index contributed by atoms with van der Waals surface area (Å²) < 4.78 is 1.49. The van der Waals surface area contributed by atoms with E-state index in [2.05, 4.69) is 41.8 Å². The van der Waals surface area contributed by atoms with Crippen LogP contribution in [0, 0.1) is 0 Å². The van der Waals surface area contributed by atoms with Crippen molar-refractivity contribution in [3.05, 3.63) is 50.9 Å². The lowest BCUT2D eigenvalue weighted by Crippen LogP contribution is -2.48. The van der Waals surface area contributed by atoms with Crippen molar-refractivity contribution >= 4 is 55.4 Å². The predicted octanol–water partition coefficient (Wildman–Crippen LogP) is 4.73. The molecular weight excluding hydrogens is 474 g/mol. The Morgan fingerprint density at radius 1 is 1.15 bits per heavy atom. The third-order valence-corrected chi connectivity index (χ3v) is 5.62. The van der Waals surface area contributed by atoms with E-state index < -0.39 is 0 Å². The van der Waals surface area contributed by atoms with Crippen LogP contribution in [0.4, 0.5) is 11.4 Å². The number of amides is 1. The number of rotatable bonds is 4. The molecule has 0 aromatic heterocycles. The number of carbonyl (C=O) groups is 1. The highest BCUT2D eigenvalue weighted by atomic mass is 79.9. The number of halogens is 2. The van der Waals surface area contributed by atoms with Gasteiger partial charge in [-0.25, -0.2) is 0 Å². The van der Waals surface area contributed by atoms with Gasteiger partial charge in [0.15, 0.2) is 0 Å². The standard InChI is InChI=1S/C20H21Br2N3O2/c1-2-19(26)25-9-7-24(8-10-25)17-5-3-16(4-6-17)23-13-14-11-15(21)12-18(22)20(14)27/h3-6,11-13,27H,2,7-10H2,1H3. The third kappa shape index (κ3) is 4.90. The number of phenolic OH excluding ortho intramolecular Hbond substituents is 1. The molecule has 1 fully saturated rings. The zero-order valence-electron chi connectivity index (χ0n) is 15.0. The van der Waals surface area contributed by atoms with Crippen molar-refractivity contribution < 1.29 is 9.90 Å². The Labute approximate surface area is 176 Å². The molecule has 1 amide bonds. The molecule has 0 saturated carbocycles. The van der Waals surface area contributed by atoms with Gasteiger partial charge in [-0.05, 0) is 52.3 Å². The maximum absolute atomic E-state index is 11.8. The number of phenols is 1. The molecule has 2 aromatic carbocycles. The lowest BCUT2D eigenvalue weighted by Gasteiger charge is -2.36. The first-order chi connectivity index (χ1) is 13.0. The minimum absolute atomic E-state index is 0.165. The molecule has 1 aliphatic rings. The Balaban J connectivity index is 1.65. The normalized spacial score (nSPS) is 14.8. The molecule has 1 N–H and O–H groups in total. The van der Waals surface area contributed by atoms with Gasteiger partial charge in [0.05, 0.1) is 10.2 Å². The maximum Gasteiger partial charge on any atom is 0.222 e. The molecule has 0 unspecified atom stereocenters. The van der Waals surface area contributed by atoms with E-state index in [0.29, 0.717) is 16.5 Å². The van der Waals surface area contributed by atoms with Gasteiger partial charge in [-0.1, -0.05) is 22.9 Å². The minimum Gasteiger partial charge on any atom is -0.506 e. The van der Waals surface area contributed by atoms with Gasteiger partial charge in [0.25, 0.3) is 0 Å². The van der Waals surface area contributed by atoms with E-state index in [-0.39, 0.29) is 11.7 Å². The molecule has 142 valence electrons. The van der Waals surface area contributed by atoms with E-state index in [0.717, 1.165) is 42.0 Å². The van der Waals surface area contributed by atoms with Gasteiger partial charge in [-0.3, -0.25) is 9.79 Å². The second-order valence-corrected chi connectivity index (χ2v) is 8.09. The van der Waals surface area contributed by atoms with Crippen LogP contribution in [0.5, 0.6) is 5.75 Å². The summed E-state index contributed by atoms with van der Waals surface area (Å²) in [5.41, 5.74) is 2.58. The lowest BCUT2D eigenvalue weighted by molar-refractivity contribution is -0.131. The van der Waals surface area contributed by atoms with Crippen LogP contribution in [-0.4, -0.2) is 48.3 Å². The SMILES string of the molecule is CCC(=O)N1CCN(c2ccc(N=Cc3cc(Br)cc(Br)c3O)cc2)CC1. The smallest absolute Gasteiger partial charge is 0.222 e. The summed E-state index contributed by atoms with van der Waals surface area (Å²) in [6, 6.07) is 11.6. The van der Waals surface area contributed by atoms with Crippen LogP contribution in [0.15, 0.2) is 50.3 Å². The zero-order chi connectivity index (χ0) is 19.4. The van der Waals surface area contributed by atoms with Crippen molar-refractivity contribution in [3.8, 4) is 5.75 Å². The highest BCUT2D eigenvalue weighted by Gasteiger charge is 2.19. The number of piperazine rings is 1. The van der Waals surface area contributed by atoms with Crippen LogP contribution in [0.25, 0.3) is 0 Å². The zero-order valence-corrected chi connectivity index (χ0v) is 18.2. The van der Waals surface area contributed by atoms with Crippen LogP contribution >= 0.6 is 31.9 Å². The number of anilines is 1. The largest absolute Gasteiger partial charge is 0.506 e. The fraction of sp³-hybridized carbons (Fsp3) is 0.300. The van der Waals surface area contributed by atoms with Crippen LogP contribution in [0.1, 0.15) is 18.9 Å². The van der Waals surface area contributed by atoms with Crippen LogP contribution in [-0.2, 0) is 4.79 Å². The van der Waals surface area contributed by atoms with E-state index in [9.17, 15) is 9.90 Å². The number of hydrogen-bond acceptors (Lipinski definition) is 4. The van der Waals surface area contributed by atoms with Gasteiger partial charge in [0, 0.05) is 54.5 Å². The fourth-order valence-electron chi connectivity index (χ4n) is 3.02. The molecule has 2 aromatic rings. The summed E-state index contributed by atoms with van der Waals surface area (Å²) in [6.07, 6.45) is 2.21. The van der Waals surface area contributed by atoms with Crippen molar-refractivity contribution in [2.75, 3.05) is 31.1 Å². The Morgan fingerprint density at radius 3 is 2.44 bits per heavy atom. The molecule has 1 heterocycles. The summed E-state index contributed by atoms with van der Waals surface area (Å²) >= 11 is 6.73. The number of nitrogens with zero attached hydrogens (tertiary/aromatic N) is 3. The summed E-state index contributed by atoms with van der Waals surface area (Å²) in [5, 5.41) is 10.1. The monoisotopic (exact) mass is 493 g/mol. The van der Waals surface area contributed by atoms with Crippen molar-refractivity contribution in [1.29, 1.82) is 0 Å². The topological polar surface area (TPSA) is 56.1 Å². The van der Waals surface area contributed by atoms with Gasteiger partial charge in [0.1, 0.15) is 5.75 Å². The van der Waals surface area contributed by atoms with E-state index in [1.54, 1.807) is 12.3 Å². The summed E-state index contributed by atoms with van der Waals surface area (Å²) in [6.45, 7) is 5.12. The van der Waals surface area contributed by atoms with E-state index in [1.807, 2.05) is 42.2 Å². The van der Waals surface area contributed by atoms with E-state index in [4.69, 9.17) is 0 Å². The molecule has 0 spiro atoms. The molecule has 0 radical (unpaired) electrons. The number of hydrogen-bond donors (Lipinski definition) is 1. The van der Waals surface area contributed by atoms with Crippen molar-refractivity contribution in [2.45, 2.75) is 13.3 Å². The first kappa shape index (κ1) is 19.9. The molecule has 0 atom stereocenters. The second kappa shape index (κ2) is 8.89. The van der Waals surface area contributed by atoms with Gasteiger partial charge in [-0.15, -0.1) is 0 Å². The number of benzene rings is 2. The third-order valence-electron chi connectivity index (χ3n) is 4.56. The molecule has 1 saturated heterocycles. The van der Waals surface area contributed by atoms with Crippen LogP contribution in [0.3, 0.4) is 0 Å². The van der Waals surface area contributed by atoms with Crippen molar-refractivity contribution in [2.24, 2.45) is 4.99 Å². The first-order valence-corrected chi connectivity index (χ1v) is 10.4. The molecule has 3 rings (SSSR count). The highest BCUT2D eigenvalue weighted by molar-refractivity contribution is 9.11. The van der Waals surface area contributed by atoms with Crippen LogP contribution in [0.2, 0.25) is 0 Å². The maximum atomic E-state index is 11.8. The van der Waals surface area contributed by atoms with Gasteiger partial charge in [-0.2, -0.15) is 0 Å². The summed E-state index contributed by atoms with van der Waals surface area (Å²) in [4.78, 5) is 20.4. The Morgan fingerprint density at radius 2 is 1.81 bits per heavy atom. The second-order valence-electron chi connectivity index (χ2n) is 6.32. The molecule has 7 heteroatoms. The minimum atomic E-state index is 0.165. The number of aliphatic imine (C=N–C) groups is 1. The van der Waals surface area contributed by atoms with Gasteiger partial charge < -0.3 is 14.9 Å². The molecule has 1 aliphatic heterocycles. The van der Waals surface area contributed by atoms with Gasteiger partial charge >= 0.3 is 0 Å². The van der Waals surface area contributed by atoms with Crippen molar-refractivity contribution in [1.82, 2.24) is 4.90 Å². The summed E-state index contributed by atoms with van der Waals surface area (Å²) in [5.74, 6) is 0.389. The quantitative estimate of drug-likeness (QED) is 0.625. The molecule has 0 aliphatic carbocycles. The average Bonchev–Trinajstić information content (AvgIpc) is 2.69. The Hall–Kier alpha value is -1.86. The van der Waals surface area contributed by atoms with Crippen LogP contribution < -0.4 is 4.90 Å². The Bertz CT molecular complexity index is 845. The van der Waals surface area contributed by atoms with Gasteiger partial charge in [0.2, 0.25) is 5.91 Å². The predicted molar refractivity (Wildman–Crippen MR) is 116 cm³/mol. The fourth-order valence-corrected chi connectivity index (χ4v) is 4.27. The number of carbonyl (C=O) groups excluding carboxylic acids is 1. The molecule has 27 heavy (non-hydrogen) atoms. The number of aromatic hydroxyl groups is 1. The van der Waals surface area contributed by atoms with Crippen molar-refractivity contribution in [3.63, 3.8) is 0 Å².